The number of allylic oxidation sites excluding steroid dienone is 2. The van der Waals surface area contributed by atoms with Crippen molar-refractivity contribution < 1.29 is 17.9 Å². The zero-order valence-corrected chi connectivity index (χ0v) is 19.7. The van der Waals surface area contributed by atoms with Crippen molar-refractivity contribution in [3.8, 4) is 11.8 Å². The van der Waals surface area contributed by atoms with Crippen LogP contribution >= 0.6 is 0 Å². The molecular weight excluding hydrogens is 423 g/mol. The summed E-state index contributed by atoms with van der Waals surface area (Å²) in [7, 11) is 0. The number of nitrogens with zero attached hydrogens (tertiary/aromatic N) is 1. The Labute approximate surface area is 197 Å². The first kappa shape index (κ1) is 25.7. The average molecular weight is 462 g/mol. The lowest BCUT2D eigenvalue weighted by Gasteiger charge is -2.30. The maximum Gasteiger partial charge on any atom is 0.573 e. The number of hydrogen-bond acceptors (Lipinski definition) is 2. The smallest absolute Gasteiger partial charge is 0.406 e. The Bertz CT molecular complexity index is 749. The quantitative estimate of drug-likeness (QED) is 0.257. The monoisotopic (exact) mass is 461 g/mol. The molecule has 0 spiro atoms. The summed E-state index contributed by atoms with van der Waals surface area (Å²) in [6.45, 7) is 0. The maximum atomic E-state index is 12.3. The summed E-state index contributed by atoms with van der Waals surface area (Å²) >= 11 is 0. The highest BCUT2D eigenvalue weighted by Crippen LogP contribution is 2.39. The Hall–Kier alpha value is -1.96. The van der Waals surface area contributed by atoms with Gasteiger partial charge in [0.05, 0.1) is 6.07 Å². The molecule has 0 aromatic heterocycles. The summed E-state index contributed by atoms with van der Waals surface area (Å²) in [4.78, 5) is 0. The Morgan fingerprint density at radius 2 is 1.33 bits per heavy atom. The molecule has 0 heterocycles. The molecule has 0 amide bonds. The van der Waals surface area contributed by atoms with E-state index in [1.807, 2.05) is 6.08 Å². The second-order valence-electron chi connectivity index (χ2n) is 10.1. The van der Waals surface area contributed by atoms with E-state index in [1.165, 1.54) is 82.8 Å². The number of benzene rings is 1. The Morgan fingerprint density at radius 1 is 0.818 bits per heavy atom. The second-order valence-corrected chi connectivity index (χ2v) is 10.1. The number of halogens is 3. The van der Waals surface area contributed by atoms with Gasteiger partial charge in [0.15, 0.2) is 0 Å². The van der Waals surface area contributed by atoms with Gasteiger partial charge in [0, 0.05) is 6.08 Å². The zero-order valence-electron chi connectivity index (χ0n) is 19.7. The van der Waals surface area contributed by atoms with Crippen LogP contribution in [0.4, 0.5) is 13.2 Å². The van der Waals surface area contributed by atoms with Crippen molar-refractivity contribution in [3.05, 3.63) is 42.0 Å². The van der Waals surface area contributed by atoms with E-state index in [4.69, 9.17) is 5.26 Å². The second kappa shape index (κ2) is 13.1. The van der Waals surface area contributed by atoms with Gasteiger partial charge < -0.3 is 4.74 Å². The molecule has 0 N–H and O–H groups in total. The van der Waals surface area contributed by atoms with Gasteiger partial charge in [-0.15, -0.1) is 13.2 Å². The molecule has 3 rings (SSSR count). The molecule has 5 heteroatoms. The Kier molecular flexibility index (Phi) is 10.2. The lowest BCUT2D eigenvalue weighted by atomic mass is 9.76. The molecule has 0 aliphatic heterocycles. The van der Waals surface area contributed by atoms with Crippen LogP contribution < -0.4 is 4.74 Å². The first-order chi connectivity index (χ1) is 15.9. The zero-order chi connectivity index (χ0) is 23.5. The molecule has 33 heavy (non-hydrogen) atoms. The predicted molar refractivity (Wildman–Crippen MR) is 126 cm³/mol. The van der Waals surface area contributed by atoms with E-state index in [9.17, 15) is 13.2 Å². The van der Waals surface area contributed by atoms with Crippen molar-refractivity contribution >= 4 is 0 Å². The number of rotatable bonds is 10. The van der Waals surface area contributed by atoms with Crippen LogP contribution in [0.1, 0.15) is 101 Å². The van der Waals surface area contributed by atoms with E-state index in [0.29, 0.717) is 5.92 Å². The highest BCUT2D eigenvalue weighted by molar-refractivity contribution is 5.29. The molecule has 182 valence electrons. The molecule has 2 aliphatic rings. The van der Waals surface area contributed by atoms with Crippen LogP contribution in [0, 0.1) is 29.1 Å². The molecule has 1 aromatic carbocycles. The van der Waals surface area contributed by atoms with Crippen molar-refractivity contribution in [1.29, 1.82) is 5.26 Å². The summed E-state index contributed by atoms with van der Waals surface area (Å²) in [5.41, 5.74) is 1.14. The van der Waals surface area contributed by atoms with Crippen LogP contribution in [-0.4, -0.2) is 6.36 Å². The average Bonchev–Trinajstić information content (AvgIpc) is 2.80. The molecule has 2 saturated carbocycles. The molecule has 0 atom stereocenters. The van der Waals surface area contributed by atoms with E-state index in [1.54, 1.807) is 18.2 Å². The molecular formula is C28H38F3NO. The van der Waals surface area contributed by atoms with Gasteiger partial charge >= 0.3 is 6.36 Å². The van der Waals surface area contributed by atoms with Crippen molar-refractivity contribution in [1.82, 2.24) is 0 Å². The van der Waals surface area contributed by atoms with Gasteiger partial charge in [-0.25, -0.2) is 0 Å². The van der Waals surface area contributed by atoms with Gasteiger partial charge in [0.25, 0.3) is 0 Å². The normalized spacial score (nSPS) is 26.2. The summed E-state index contributed by atoms with van der Waals surface area (Å²) < 4.78 is 40.9. The molecule has 0 bridgehead atoms. The number of hydrogen-bond donors (Lipinski definition) is 0. The Balaban J connectivity index is 1.25. The van der Waals surface area contributed by atoms with E-state index in [-0.39, 0.29) is 5.75 Å². The molecule has 0 radical (unpaired) electrons. The first-order valence-corrected chi connectivity index (χ1v) is 12.8. The third-order valence-corrected chi connectivity index (χ3v) is 7.81. The molecule has 1 aromatic rings. The van der Waals surface area contributed by atoms with E-state index >= 15 is 0 Å². The van der Waals surface area contributed by atoms with Gasteiger partial charge in [-0.3, -0.25) is 0 Å². The molecule has 0 saturated heterocycles. The highest BCUT2D eigenvalue weighted by Gasteiger charge is 2.31. The van der Waals surface area contributed by atoms with E-state index in [2.05, 4.69) is 10.8 Å². The summed E-state index contributed by atoms with van der Waals surface area (Å²) in [5.74, 6) is 2.91. The summed E-state index contributed by atoms with van der Waals surface area (Å²) in [6, 6.07) is 8.53. The lowest BCUT2D eigenvalue weighted by Crippen LogP contribution is -2.17. The SMILES string of the molecule is N#C/C=C/CC[C@H]1CC[C@H](CCCC[C@H]2CC[C@H](c3ccc(OC(F)(F)F)cc3)CC2)CC1. The van der Waals surface area contributed by atoms with Gasteiger partial charge in [0.2, 0.25) is 0 Å². The molecule has 2 aliphatic carbocycles. The minimum absolute atomic E-state index is 0.138. The van der Waals surface area contributed by atoms with Crippen molar-refractivity contribution in [2.45, 2.75) is 102 Å². The highest BCUT2D eigenvalue weighted by atomic mass is 19.4. The van der Waals surface area contributed by atoms with Crippen molar-refractivity contribution in [2.24, 2.45) is 17.8 Å². The van der Waals surface area contributed by atoms with Gasteiger partial charge in [-0.2, -0.15) is 5.26 Å². The van der Waals surface area contributed by atoms with Gasteiger partial charge in [-0.1, -0.05) is 69.6 Å². The fourth-order valence-electron chi connectivity index (χ4n) is 5.87. The van der Waals surface area contributed by atoms with Crippen molar-refractivity contribution in [3.63, 3.8) is 0 Å². The third-order valence-electron chi connectivity index (χ3n) is 7.81. The van der Waals surface area contributed by atoms with Crippen LogP contribution in [0.3, 0.4) is 0 Å². The lowest BCUT2D eigenvalue weighted by molar-refractivity contribution is -0.274. The van der Waals surface area contributed by atoms with Crippen LogP contribution in [-0.2, 0) is 0 Å². The molecule has 2 fully saturated rings. The molecule has 2 nitrogen and oxygen atoms in total. The van der Waals surface area contributed by atoms with E-state index < -0.39 is 6.36 Å². The van der Waals surface area contributed by atoms with Crippen LogP contribution in [0.5, 0.6) is 5.75 Å². The number of nitriles is 1. The maximum absolute atomic E-state index is 12.3. The fourth-order valence-corrected chi connectivity index (χ4v) is 5.87. The topological polar surface area (TPSA) is 33.0 Å². The van der Waals surface area contributed by atoms with Crippen LogP contribution in [0.15, 0.2) is 36.4 Å². The van der Waals surface area contributed by atoms with Crippen LogP contribution in [0.25, 0.3) is 0 Å². The van der Waals surface area contributed by atoms with E-state index in [0.717, 1.165) is 42.6 Å². The van der Waals surface area contributed by atoms with Gasteiger partial charge in [-0.05, 0) is 79.9 Å². The number of ether oxygens (including phenoxy) is 1. The minimum Gasteiger partial charge on any atom is -0.406 e. The fraction of sp³-hybridized carbons (Fsp3) is 0.679. The standard InChI is InChI=1S/C28H38F3NO/c29-28(30,31)33-27-19-17-26(18-20-27)25-15-13-24(14-16-25)8-4-3-7-23-11-9-22(10-12-23)6-2-1-5-21-32/h1,5,17-20,22-25H,2-4,6-16H2/b5-1+/t22-,23-,24-,25-. The largest absolute Gasteiger partial charge is 0.573 e. The van der Waals surface area contributed by atoms with Crippen molar-refractivity contribution in [2.75, 3.05) is 0 Å². The first-order valence-electron chi connectivity index (χ1n) is 12.8. The van der Waals surface area contributed by atoms with Crippen LogP contribution in [0.2, 0.25) is 0 Å². The minimum atomic E-state index is -4.63. The number of alkyl halides is 3. The van der Waals surface area contributed by atoms with Gasteiger partial charge in [0.1, 0.15) is 5.75 Å². The summed E-state index contributed by atoms with van der Waals surface area (Å²) in [5, 5.41) is 8.55. The predicted octanol–water partition coefficient (Wildman–Crippen LogP) is 9.09. The Morgan fingerprint density at radius 3 is 1.85 bits per heavy atom. The number of unbranched alkanes of at least 4 members (excludes halogenated alkanes) is 1. The molecule has 0 unspecified atom stereocenters. The third kappa shape index (κ3) is 9.43. The summed E-state index contributed by atoms with van der Waals surface area (Å²) in [6.07, 6.45) is 16.9.